The Hall–Kier alpha value is -2.20. The van der Waals surface area contributed by atoms with Gasteiger partial charge in [0.25, 0.3) is 5.91 Å². The van der Waals surface area contributed by atoms with Crippen LogP contribution < -0.4 is 9.54 Å². The highest BCUT2D eigenvalue weighted by Gasteiger charge is 2.32. The van der Waals surface area contributed by atoms with Crippen LogP contribution in [0.2, 0.25) is 5.02 Å². The van der Waals surface area contributed by atoms with Crippen molar-refractivity contribution >= 4 is 49.1 Å². The van der Waals surface area contributed by atoms with Crippen LogP contribution in [0.1, 0.15) is 26.7 Å². The molecule has 7 nitrogen and oxygen atoms in total. The van der Waals surface area contributed by atoms with E-state index in [-0.39, 0.29) is 29.8 Å². The van der Waals surface area contributed by atoms with Gasteiger partial charge in [-0.15, -0.1) is 0 Å². The molecule has 1 aliphatic rings. The summed E-state index contributed by atoms with van der Waals surface area (Å²) >= 11 is 7.34. The highest BCUT2D eigenvalue weighted by molar-refractivity contribution is 7.89. The maximum Gasteiger partial charge on any atom is 0.251 e. The van der Waals surface area contributed by atoms with Crippen LogP contribution in [0.25, 0.3) is 10.2 Å². The number of benzene rings is 2. The number of carbonyl (C=O) groups excluding carboxylic acids is 1. The van der Waals surface area contributed by atoms with Crippen LogP contribution in [-0.4, -0.2) is 42.9 Å². The van der Waals surface area contributed by atoms with Gasteiger partial charge in [-0.05, 0) is 63.1 Å². The van der Waals surface area contributed by atoms with E-state index >= 15 is 0 Å². The molecule has 0 atom stereocenters. The number of para-hydroxylation sites is 1. The molecule has 0 N–H and O–H groups in total. The van der Waals surface area contributed by atoms with Gasteiger partial charge in [0.15, 0.2) is 4.80 Å². The molecule has 1 fully saturated rings. The molecule has 33 heavy (non-hydrogen) atoms. The average molecular weight is 508 g/mol. The Bertz CT molecular complexity index is 1320. The number of amides is 1. The van der Waals surface area contributed by atoms with Gasteiger partial charge in [0.1, 0.15) is 11.3 Å². The molecule has 0 spiro atoms. The second kappa shape index (κ2) is 9.97. The van der Waals surface area contributed by atoms with Gasteiger partial charge in [0.2, 0.25) is 10.0 Å². The number of aryl methyl sites for hydroxylation is 1. The first-order chi connectivity index (χ1) is 15.8. The Morgan fingerprint density at radius 2 is 1.85 bits per heavy atom. The largest absolute Gasteiger partial charge is 0.492 e. The van der Waals surface area contributed by atoms with Crippen molar-refractivity contribution < 1.29 is 17.9 Å². The summed E-state index contributed by atoms with van der Waals surface area (Å²) < 4.78 is 36.0. The minimum absolute atomic E-state index is 0.203. The van der Waals surface area contributed by atoms with Gasteiger partial charge >= 0.3 is 0 Å². The fourth-order valence-electron chi connectivity index (χ4n) is 4.03. The Morgan fingerprint density at radius 3 is 2.48 bits per heavy atom. The Morgan fingerprint density at radius 1 is 1.15 bits per heavy atom. The topological polar surface area (TPSA) is 81.0 Å². The molecule has 0 saturated carbocycles. The lowest BCUT2D eigenvalue weighted by Gasteiger charge is -2.29. The van der Waals surface area contributed by atoms with E-state index < -0.39 is 10.0 Å². The number of nitrogens with zero attached hydrogens (tertiary/aromatic N) is 3. The summed E-state index contributed by atoms with van der Waals surface area (Å²) in [6, 6.07) is 12.0. The van der Waals surface area contributed by atoms with E-state index in [1.165, 1.54) is 27.8 Å². The Kier molecular flexibility index (Phi) is 7.23. The van der Waals surface area contributed by atoms with Crippen molar-refractivity contribution in [3.8, 4) is 5.75 Å². The van der Waals surface area contributed by atoms with Crippen molar-refractivity contribution in [2.75, 3.05) is 19.7 Å². The standard InChI is InChI=1S/C23H26ClN3O4S2/c1-3-27-21-19(31-4-2)6-5-7-20(21)32-23(27)25-22(28)16-12-14-26(15-13-16)33(29,30)18-10-8-17(24)9-11-18/h5-11,16H,3-4,12-15H2,1-2H3. The molecule has 2 heterocycles. The quantitative estimate of drug-likeness (QED) is 0.498. The van der Waals surface area contributed by atoms with E-state index in [4.69, 9.17) is 16.3 Å². The van der Waals surface area contributed by atoms with Crippen molar-refractivity contribution in [3.05, 3.63) is 52.3 Å². The molecule has 10 heteroatoms. The summed E-state index contributed by atoms with van der Waals surface area (Å²) in [4.78, 5) is 18.3. The minimum Gasteiger partial charge on any atom is -0.492 e. The SMILES string of the molecule is CCOc1cccc2sc(=NC(=O)C3CCN(S(=O)(=O)c4ccc(Cl)cc4)CC3)n(CC)c12. The zero-order chi connectivity index (χ0) is 23.6. The molecule has 3 aromatic rings. The third-order valence-electron chi connectivity index (χ3n) is 5.74. The smallest absolute Gasteiger partial charge is 0.251 e. The predicted molar refractivity (Wildman–Crippen MR) is 130 cm³/mol. The van der Waals surface area contributed by atoms with Gasteiger partial charge in [-0.25, -0.2) is 8.42 Å². The number of piperidine rings is 1. The molecule has 0 radical (unpaired) electrons. The molecular weight excluding hydrogens is 482 g/mol. The van der Waals surface area contributed by atoms with Crippen molar-refractivity contribution in [2.24, 2.45) is 10.9 Å². The lowest BCUT2D eigenvalue weighted by atomic mass is 9.98. The van der Waals surface area contributed by atoms with Crippen LogP contribution >= 0.6 is 22.9 Å². The molecule has 176 valence electrons. The Balaban J connectivity index is 1.53. The van der Waals surface area contributed by atoms with Gasteiger partial charge in [0, 0.05) is 30.6 Å². The fraction of sp³-hybridized carbons (Fsp3) is 0.391. The molecule has 1 aromatic heterocycles. The molecule has 0 bridgehead atoms. The maximum absolute atomic E-state index is 13.0. The van der Waals surface area contributed by atoms with Crippen molar-refractivity contribution in [1.82, 2.24) is 8.87 Å². The number of fused-ring (bicyclic) bond motifs is 1. The molecule has 0 aliphatic carbocycles. The second-order valence-electron chi connectivity index (χ2n) is 7.75. The summed E-state index contributed by atoms with van der Waals surface area (Å²) in [6.07, 6.45) is 0.882. The molecule has 1 saturated heterocycles. The normalized spacial score (nSPS) is 16.4. The predicted octanol–water partition coefficient (Wildman–Crippen LogP) is 4.30. The fourth-order valence-corrected chi connectivity index (χ4v) is 6.75. The number of hydrogen-bond acceptors (Lipinski definition) is 5. The van der Waals surface area contributed by atoms with Crippen LogP contribution in [-0.2, 0) is 21.4 Å². The third kappa shape index (κ3) is 4.87. The van der Waals surface area contributed by atoms with Gasteiger partial charge in [-0.2, -0.15) is 9.30 Å². The van der Waals surface area contributed by atoms with Gasteiger partial charge in [-0.3, -0.25) is 4.79 Å². The molecule has 0 unspecified atom stereocenters. The van der Waals surface area contributed by atoms with Crippen molar-refractivity contribution in [2.45, 2.75) is 38.1 Å². The lowest BCUT2D eigenvalue weighted by molar-refractivity contribution is -0.122. The first kappa shape index (κ1) is 23.9. The van der Waals surface area contributed by atoms with E-state index in [2.05, 4.69) is 4.99 Å². The van der Waals surface area contributed by atoms with Crippen LogP contribution in [0.4, 0.5) is 0 Å². The minimum atomic E-state index is -3.61. The lowest BCUT2D eigenvalue weighted by Crippen LogP contribution is -2.40. The highest BCUT2D eigenvalue weighted by Crippen LogP contribution is 2.28. The molecule has 1 amide bonds. The van der Waals surface area contributed by atoms with E-state index in [0.29, 0.717) is 35.8 Å². The summed E-state index contributed by atoms with van der Waals surface area (Å²) in [6.45, 7) is 5.74. The van der Waals surface area contributed by atoms with Crippen molar-refractivity contribution in [3.63, 3.8) is 0 Å². The number of carbonyl (C=O) groups is 1. The number of rotatable bonds is 6. The molecule has 2 aromatic carbocycles. The summed E-state index contributed by atoms with van der Waals surface area (Å²) in [5.74, 6) is 0.275. The number of aromatic nitrogens is 1. The average Bonchev–Trinajstić information content (AvgIpc) is 3.17. The second-order valence-corrected chi connectivity index (χ2v) is 11.1. The molecule has 1 aliphatic heterocycles. The van der Waals surface area contributed by atoms with E-state index in [1.54, 1.807) is 12.1 Å². The highest BCUT2D eigenvalue weighted by atomic mass is 35.5. The van der Waals surface area contributed by atoms with Crippen LogP contribution in [0.15, 0.2) is 52.4 Å². The summed E-state index contributed by atoms with van der Waals surface area (Å²) in [7, 11) is -3.61. The number of sulfonamides is 1. The summed E-state index contributed by atoms with van der Waals surface area (Å²) in [5.41, 5.74) is 0.947. The van der Waals surface area contributed by atoms with Crippen LogP contribution in [0.3, 0.4) is 0 Å². The van der Waals surface area contributed by atoms with Gasteiger partial charge in [0.05, 0.1) is 16.2 Å². The number of thiazole rings is 1. The maximum atomic E-state index is 13.0. The van der Waals surface area contributed by atoms with Crippen molar-refractivity contribution in [1.29, 1.82) is 0 Å². The van der Waals surface area contributed by atoms with Gasteiger partial charge < -0.3 is 9.30 Å². The van der Waals surface area contributed by atoms with E-state index in [9.17, 15) is 13.2 Å². The van der Waals surface area contributed by atoms with E-state index in [1.807, 2.05) is 36.6 Å². The number of halogens is 1. The summed E-state index contributed by atoms with van der Waals surface area (Å²) in [5, 5.41) is 0.485. The number of hydrogen-bond donors (Lipinski definition) is 0. The van der Waals surface area contributed by atoms with Crippen LogP contribution in [0.5, 0.6) is 5.75 Å². The Labute approximate surface area is 202 Å². The first-order valence-electron chi connectivity index (χ1n) is 10.9. The first-order valence-corrected chi connectivity index (χ1v) is 13.6. The zero-order valence-corrected chi connectivity index (χ0v) is 20.9. The molecular formula is C23H26ClN3O4S2. The number of ether oxygens (including phenoxy) is 1. The van der Waals surface area contributed by atoms with E-state index in [0.717, 1.165) is 16.0 Å². The zero-order valence-electron chi connectivity index (χ0n) is 18.5. The van der Waals surface area contributed by atoms with Crippen LogP contribution in [0, 0.1) is 5.92 Å². The third-order valence-corrected chi connectivity index (χ3v) is 8.95. The monoisotopic (exact) mass is 507 g/mol. The molecule has 4 rings (SSSR count). The van der Waals surface area contributed by atoms with Gasteiger partial charge in [-0.1, -0.05) is 29.0 Å².